The molecule has 0 radical (unpaired) electrons. The second-order valence-electron chi connectivity index (χ2n) is 8.88. The van der Waals surface area contributed by atoms with E-state index in [4.69, 9.17) is 0 Å². The number of piperidine rings is 1. The summed E-state index contributed by atoms with van der Waals surface area (Å²) >= 11 is 0. The van der Waals surface area contributed by atoms with Crippen LogP contribution in [0.1, 0.15) is 44.1 Å². The third-order valence-electron chi connectivity index (χ3n) is 7.04. The van der Waals surface area contributed by atoms with E-state index in [9.17, 15) is 9.18 Å². The molecule has 2 aliphatic heterocycles. The van der Waals surface area contributed by atoms with Crippen molar-refractivity contribution in [3.63, 3.8) is 0 Å². The molecule has 0 N–H and O–H groups in total. The predicted molar refractivity (Wildman–Crippen MR) is 115 cm³/mol. The summed E-state index contributed by atoms with van der Waals surface area (Å²) in [5.41, 5.74) is 1.50. The van der Waals surface area contributed by atoms with Crippen molar-refractivity contribution in [2.75, 3.05) is 6.54 Å². The van der Waals surface area contributed by atoms with E-state index >= 15 is 0 Å². The molecule has 0 amide bonds. The van der Waals surface area contributed by atoms with Gasteiger partial charge in [-0.15, -0.1) is 5.10 Å². The first-order valence-electron chi connectivity index (χ1n) is 11.2. The quantitative estimate of drug-likeness (QED) is 0.595. The minimum Gasteiger partial charge on any atom is -0.297 e. The zero-order valence-electron chi connectivity index (χ0n) is 17.3. The van der Waals surface area contributed by atoms with Crippen molar-refractivity contribution >= 4 is 5.65 Å². The smallest absolute Gasteiger partial charge is 0.297 e. The third kappa shape index (κ3) is 3.81. The van der Waals surface area contributed by atoms with Gasteiger partial charge in [-0.05, 0) is 74.6 Å². The fourth-order valence-electron chi connectivity index (χ4n) is 5.57. The molecule has 4 heterocycles. The summed E-state index contributed by atoms with van der Waals surface area (Å²) in [5.74, 6) is 0.625. The summed E-state index contributed by atoms with van der Waals surface area (Å²) in [5, 5.41) is 4.44. The van der Waals surface area contributed by atoms with Crippen LogP contribution in [-0.4, -0.2) is 37.7 Å². The van der Waals surface area contributed by atoms with E-state index in [1.807, 2.05) is 30.3 Å². The number of fused-ring (bicyclic) bond motifs is 3. The van der Waals surface area contributed by atoms with Crippen LogP contribution in [0.2, 0.25) is 0 Å². The van der Waals surface area contributed by atoms with Crippen molar-refractivity contribution in [2.45, 2.75) is 63.6 Å². The Morgan fingerprint density at radius 1 is 1.00 bits per heavy atom. The SMILES string of the molecule is O=c1n(CCCN2C3CCC2CC(CCc2ccccc2F)C3)nc2ccccn12. The standard InChI is InChI=1S/C24H29FN4O/c25-22-7-2-1-6-19(22)10-9-18-16-20-11-12-21(17-18)27(20)14-5-15-29-24(30)28-13-4-3-8-23(28)26-29/h1-4,6-8,13,18,20-21H,5,9-12,14-17H2. The molecule has 2 bridgehead atoms. The summed E-state index contributed by atoms with van der Waals surface area (Å²) < 4.78 is 17.1. The van der Waals surface area contributed by atoms with Crippen LogP contribution in [0.25, 0.3) is 5.65 Å². The normalized spacial score (nSPS) is 24.0. The Bertz CT molecular complexity index is 1060. The fourth-order valence-corrected chi connectivity index (χ4v) is 5.57. The Labute approximate surface area is 176 Å². The lowest BCUT2D eigenvalue weighted by Crippen LogP contribution is -2.43. The Morgan fingerprint density at radius 3 is 2.53 bits per heavy atom. The van der Waals surface area contributed by atoms with Crippen molar-refractivity contribution in [3.8, 4) is 0 Å². The molecule has 0 aliphatic carbocycles. The topological polar surface area (TPSA) is 42.5 Å². The minimum atomic E-state index is -0.0694. The van der Waals surface area contributed by atoms with Crippen molar-refractivity contribution in [1.29, 1.82) is 0 Å². The van der Waals surface area contributed by atoms with Crippen LogP contribution < -0.4 is 5.69 Å². The molecule has 2 saturated heterocycles. The molecule has 158 valence electrons. The molecule has 5 nitrogen and oxygen atoms in total. The number of rotatable bonds is 7. The molecule has 6 heteroatoms. The Kier molecular flexibility index (Phi) is 5.42. The van der Waals surface area contributed by atoms with Gasteiger partial charge < -0.3 is 0 Å². The van der Waals surface area contributed by atoms with Gasteiger partial charge in [0.05, 0.1) is 0 Å². The lowest BCUT2D eigenvalue weighted by atomic mass is 9.86. The largest absolute Gasteiger partial charge is 0.350 e. The van der Waals surface area contributed by atoms with Crippen LogP contribution in [-0.2, 0) is 13.0 Å². The van der Waals surface area contributed by atoms with Crippen LogP contribution in [0.4, 0.5) is 4.39 Å². The predicted octanol–water partition coefficient (Wildman–Crippen LogP) is 3.90. The first kappa shape index (κ1) is 19.5. The van der Waals surface area contributed by atoms with Gasteiger partial charge in [-0.1, -0.05) is 24.3 Å². The maximum atomic E-state index is 13.9. The second kappa shape index (κ2) is 8.34. The van der Waals surface area contributed by atoms with Gasteiger partial charge in [0.25, 0.3) is 0 Å². The number of hydrogen-bond donors (Lipinski definition) is 0. The average Bonchev–Trinajstić information content (AvgIpc) is 3.19. The molecule has 1 aromatic carbocycles. The molecule has 2 unspecified atom stereocenters. The van der Waals surface area contributed by atoms with Gasteiger partial charge >= 0.3 is 5.69 Å². The lowest BCUT2D eigenvalue weighted by molar-refractivity contribution is 0.0972. The zero-order valence-corrected chi connectivity index (χ0v) is 17.3. The van der Waals surface area contributed by atoms with Crippen molar-refractivity contribution in [1.82, 2.24) is 19.1 Å². The third-order valence-corrected chi connectivity index (χ3v) is 7.04. The first-order valence-corrected chi connectivity index (χ1v) is 11.2. The average molecular weight is 409 g/mol. The number of halogens is 1. The summed E-state index contributed by atoms with van der Waals surface area (Å²) in [7, 11) is 0. The van der Waals surface area contributed by atoms with Gasteiger partial charge in [0, 0.05) is 31.4 Å². The van der Waals surface area contributed by atoms with Crippen molar-refractivity contribution < 1.29 is 4.39 Å². The molecule has 30 heavy (non-hydrogen) atoms. The number of nitrogens with zero attached hydrogens (tertiary/aromatic N) is 4. The van der Waals surface area contributed by atoms with E-state index in [2.05, 4.69) is 10.00 Å². The molecule has 2 atom stereocenters. The van der Waals surface area contributed by atoms with Crippen LogP contribution in [0, 0.1) is 11.7 Å². The highest BCUT2D eigenvalue weighted by Gasteiger charge is 2.39. The molecular formula is C24H29FN4O. The van der Waals surface area contributed by atoms with Crippen LogP contribution in [0.15, 0.2) is 53.5 Å². The van der Waals surface area contributed by atoms with Gasteiger partial charge in [-0.25, -0.2) is 13.9 Å². The Hall–Kier alpha value is -2.47. The van der Waals surface area contributed by atoms with Gasteiger partial charge in [0.1, 0.15) is 5.82 Å². The highest BCUT2D eigenvalue weighted by molar-refractivity contribution is 5.35. The number of pyridine rings is 1. The molecule has 0 saturated carbocycles. The van der Waals surface area contributed by atoms with E-state index in [0.717, 1.165) is 31.4 Å². The Balaban J connectivity index is 1.14. The first-order chi connectivity index (χ1) is 14.7. The maximum absolute atomic E-state index is 13.9. The van der Waals surface area contributed by atoms with Crippen LogP contribution in [0.5, 0.6) is 0 Å². The van der Waals surface area contributed by atoms with Gasteiger partial charge in [0.2, 0.25) is 0 Å². The lowest BCUT2D eigenvalue weighted by Gasteiger charge is -2.39. The summed E-state index contributed by atoms with van der Waals surface area (Å²) in [6, 6.07) is 14.1. The molecular weight excluding hydrogens is 379 g/mol. The number of aromatic nitrogens is 3. The monoisotopic (exact) mass is 408 g/mol. The Morgan fingerprint density at radius 2 is 1.77 bits per heavy atom. The number of aryl methyl sites for hydroxylation is 2. The van der Waals surface area contributed by atoms with Gasteiger partial charge in [-0.3, -0.25) is 9.30 Å². The number of benzene rings is 1. The maximum Gasteiger partial charge on any atom is 0.350 e. The molecule has 2 fully saturated rings. The molecule has 5 rings (SSSR count). The highest BCUT2D eigenvalue weighted by Crippen LogP contribution is 2.40. The highest BCUT2D eigenvalue weighted by atomic mass is 19.1. The van der Waals surface area contributed by atoms with E-state index < -0.39 is 0 Å². The second-order valence-corrected chi connectivity index (χ2v) is 8.88. The molecule has 2 aromatic heterocycles. The van der Waals surface area contributed by atoms with Crippen molar-refractivity contribution in [3.05, 3.63) is 70.5 Å². The number of hydrogen-bond acceptors (Lipinski definition) is 3. The van der Waals surface area contributed by atoms with E-state index in [-0.39, 0.29) is 11.5 Å². The van der Waals surface area contributed by atoms with Crippen LogP contribution >= 0.6 is 0 Å². The summed E-state index contributed by atoms with van der Waals surface area (Å²) in [6.45, 7) is 1.68. The van der Waals surface area contributed by atoms with E-state index in [0.29, 0.717) is 30.2 Å². The summed E-state index contributed by atoms with van der Waals surface area (Å²) in [4.78, 5) is 15.1. The van der Waals surface area contributed by atoms with Gasteiger partial charge in [0.15, 0.2) is 5.65 Å². The van der Waals surface area contributed by atoms with Crippen LogP contribution in [0.3, 0.4) is 0 Å². The minimum absolute atomic E-state index is 0.0552. The zero-order chi connectivity index (χ0) is 20.5. The molecule has 0 spiro atoms. The fraction of sp³-hybridized carbons (Fsp3) is 0.500. The van der Waals surface area contributed by atoms with E-state index in [1.165, 1.54) is 25.7 Å². The van der Waals surface area contributed by atoms with Gasteiger partial charge in [-0.2, -0.15) is 0 Å². The summed E-state index contributed by atoms with van der Waals surface area (Å²) in [6.07, 6.45) is 9.62. The van der Waals surface area contributed by atoms with E-state index in [1.54, 1.807) is 27.4 Å². The molecule has 2 aliphatic rings. The molecule has 3 aromatic rings. The van der Waals surface area contributed by atoms with Crippen molar-refractivity contribution in [2.24, 2.45) is 5.92 Å².